The Morgan fingerprint density at radius 2 is 2.12 bits per heavy atom. The van der Waals surface area contributed by atoms with Crippen LogP contribution in [0.1, 0.15) is 13.8 Å². The molecule has 1 amide bonds. The van der Waals surface area contributed by atoms with Gasteiger partial charge in [0.15, 0.2) is 0 Å². The summed E-state index contributed by atoms with van der Waals surface area (Å²) in [6, 6.07) is 4.08. The fourth-order valence-electron chi connectivity index (χ4n) is 1.36. The lowest BCUT2D eigenvalue weighted by Crippen LogP contribution is -2.37. The summed E-state index contributed by atoms with van der Waals surface area (Å²) in [7, 11) is 1.31. The van der Waals surface area contributed by atoms with Crippen molar-refractivity contribution in [2.24, 2.45) is 0 Å². The molecule has 0 bridgehead atoms. The SMILES string of the molecule is COC(=O)N(c1ccc(F)cc1Br)C(C)C. The highest BCUT2D eigenvalue weighted by molar-refractivity contribution is 9.10. The molecule has 3 nitrogen and oxygen atoms in total. The van der Waals surface area contributed by atoms with Gasteiger partial charge in [-0.05, 0) is 48.0 Å². The molecule has 1 aromatic carbocycles. The second kappa shape index (κ2) is 5.30. The number of hydrogen-bond donors (Lipinski definition) is 0. The van der Waals surface area contributed by atoms with Gasteiger partial charge in [-0.1, -0.05) is 0 Å². The lowest BCUT2D eigenvalue weighted by molar-refractivity contribution is 0.177. The van der Waals surface area contributed by atoms with Gasteiger partial charge in [-0.2, -0.15) is 0 Å². The van der Waals surface area contributed by atoms with Crippen molar-refractivity contribution in [2.75, 3.05) is 12.0 Å². The van der Waals surface area contributed by atoms with Gasteiger partial charge in [-0.3, -0.25) is 4.90 Å². The first kappa shape index (κ1) is 13.0. The molecule has 5 heteroatoms. The maximum atomic E-state index is 12.9. The summed E-state index contributed by atoms with van der Waals surface area (Å²) in [5.41, 5.74) is 0.586. The van der Waals surface area contributed by atoms with E-state index in [0.717, 1.165) is 0 Å². The number of carbonyl (C=O) groups excluding carboxylic acids is 1. The molecule has 0 saturated carbocycles. The second-order valence-electron chi connectivity index (χ2n) is 3.53. The highest BCUT2D eigenvalue weighted by Gasteiger charge is 2.21. The van der Waals surface area contributed by atoms with E-state index in [-0.39, 0.29) is 11.9 Å². The molecule has 0 unspecified atom stereocenters. The molecular weight excluding hydrogens is 277 g/mol. The summed E-state index contributed by atoms with van der Waals surface area (Å²) >= 11 is 3.22. The summed E-state index contributed by atoms with van der Waals surface area (Å²) in [5.74, 6) is -0.357. The van der Waals surface area contributed by atoms with E-state index < -0.39 is 6.09 Å². The zero-order valence-corrected chi connectivity index (χ0v) is 10.9. The number of halogens is 2. The monoisotopic (exact) mass is 289 g/mol. The molecular formula is C11H13BrFNO2. The van der Waals surface area contributed by atoms with Gasteiger partial charge in [0.05, 0.1) is 12.8 Å². The van der Waals surface area contributed by atoms with Gasteiger partial charge in [0.1, 0.15) is 5.82 Å². The van der Waals surface area contributed by atoms with Crippen molar-refractivity contribution >= 4 is 27.7 Å². The van der Waals surface area contributed by atoms with Crippen LogP contribution < -0.4 is 4.90 Å². The average Bonchev–Trinajstić information content (AvgIpc) is 2.21. The molecule has 0 atom stereocenters. The third-order valence-electron chi connectivity index (χ3n) is 2.06. The molecule has 16 heavy (non-hydrogen) atoms. The molecule has 0 heterocycles. The topological polar surface area (TPSA) is 29.5 Å². The predicted molar refractivity (Wildman–Crippen MR) is 64.1 cm³/mol. The van der Waals surface area contributed by atoms with Crippen LogP contribution in [0.2, 0.25) is 0 Å². The molecule has 0 aliphatic rings. The Hall–Kier alpha value is -1.10. The van der Waals surface area contributed by atoms with E-state index in [1.165, 1.54) is 30.2 Å². The number of nitrogens with zero attached hydrogens (tertiary/aromatic N) is 1. The van der Waals surface area contributed by atoms with Crippen LogP contribution in [0.25, 0.3) is 0 Å². The number of rotatable bonds is 2. The molecule has 0 aromatic heterocycles. The fraction of sp³-hybridized carbons (Fsp3) is 0.364. The van der Waals surface area contributed by atoms with Crippen molar-refractivity contribution in [3.63, 3.8) is 0 Å². The molecule has 0 N–H and O–H groups in total. The van der Waals surface area contributed by atoms with Crippen molar-refractivity contribution in [1.82, 2.24) is 0 Å². The van der Waals surface area contributed by atoms with Crippen molar-refractivity contribution in [2.45, 2.75) is 19.9 Å². The summed E-state index contributed by atoms with van der Waals surface area (Å²) < 4.78 is 18.1. The van der Waals surface area contributed by atoms with Crippen molar-refractivity contribution in [3.05, 3.63) is 28.5 Å². The first-order valence-corrected chi connectivity index (χ1v) is 5.59. The number of amides is 1. The van der Waals surface area contributed by atoms with Gasteiger partial charge < -0.3 is 4.74 Å². The van der Waals surface area contributed by atoms with Crippen molar-refractivity contribution < 1.29 is 13.9 Å². The molecule has 0 spiro atoms. The maximum absolute atomic E-state index is 12.9. The quantitative estimate of drug-likeness (QED) is 0.833. The summed E-state index contributed by atoms with van der Waals surface area (Å²) in [4.78, 5) is 13.0. The lowest BCUT2D eigenvalue weighted by Gasteiger charge is -2.26. The maximum Gasteiger partial charge on any atom is 0.414 e. The fourth-order valence-corrected chi connectivity index (χ4v) is 1.90. The van der Waals surface area contributed by atoms with Gasteiger partial charge in [0.25, 0.3) is 0 Å². The average molecular weight is 290 g/mol. The Balaban J connectivity index is 3.16. The minimum atomic E-state index is -0.470. The van der Waals surface area contributed by atoms with E-state index in [1.54, 1.807) is 0 Å². The number of hydrogen-bond acceptors (Lipinski definition) is 2. The van der Waals surface area contributed by atoms with Gasteiger partial charge in [0, 0.05) is 10.5 Å². The Morgan fingerprint density at radius 1 is 1.50 bits per heavy atom. The molecule has 1 aromatic rings. The Morgan fingerprint density at radius 3 is 2.56 bits per heavy atom. The van der Waals surface area contributed by atoms with Crippen LogP contribution in [0, 0.1) is 5.82 Å². The number of benzene rings is 1. The first-order valence-electron chi connectivity index (χ1n) is 4.79. The van der Waals surface area contributed by atoms with Gasteiger partial charge in [-0.25, -0.2) is 9.18 Å². The number of ether oxygens (including phenoxy) is 1. The van der Waals surface area contributed by atoms with Crippen LogP contribution in [0.15, 0.2) is 22.7 Å². The van der Waals surface area contributed by atoms with Crippen LogP contribution in [0.4, 0.5) is 14.9 Å². The van der Waals surface area contributed by atoms with Crippen LogP contribution in [-0.4, -0.2) is 19.2 Å². The zero-order valence-electron chi connectivity index (χ0n) is 9.33. The van der Waals surface area contributed by atoms with E-state index >= 15 is 0 Å². The summed E-state index contributed by atoms with van der Waals surface area (Å²) in [6.07, 6.45) is -0.470. The third-order valence-corrected chi connectivity index (χ3v) is 2.69. The van der Waals surface area contributed by atoms with Crippen LogP contribution in [0.5, 0.6) is 0 Å². The molecule has 1 rings (SSSR count). The first-order chi connectivity index (χ1) is 7.47. The standard InChI is InChI=1S/C11H13BrFNO2/c1-7(2)14(11(15)16-3)10-5-4-8(13)6-9(10)12/h4-7H,1-3H3. The smallest absolute Gasteiger partial charge is 0.414 e. The van der Waals surface area contributed by atoms with E-state index in [2.05, 4.69) is 20.7 Å². The van der Waals surface area contributed by atoms with Crippen molar-refractivity contribution in [3.8, 4) is 0 Å². The lowest BCUT2D eigenvalue weighted by atomic mass is 10.2. The van der Waals surface area contributed by atoms with E-state index in [0.29, 0.717) is 10.2 Å². The summed E-state index contributed by atoms with van der Waals surface area (Å²) in [5, 5.41) is 0. The van der Waals surface area contributed by atoms with E-state index in [9.17, 15) is 9.18 Å². The second-order valence-corrected chi connectivity index (χ2v) is 4.38. The predicted octanol–water partition coefficient (Wildman–Crippen LogP) is 3.57. The Labute approximate surface area is 102 Å². The van der Waals surface area contributed by atoms with Gasteiger partial charge in [0.2, 0.25) is 0 Å². The molecule has 0 saturated heterocycles. The molecule has 0 fully saturated rings. The van der Waals surface area contributed by atoms with Crippen molar-refractivity contribution in [1.29, 1.82) is 0 Å². The number of anilines is 1. The van der Waals surface area contributed by atoms with Crippen LogP contribution in [-0.2, 0) is 4.74 Å². The van der Waals surface area contributed by atoms with Gasteiger partial charge in [-0.15, -0.1) is 0 Å². The molecule has 0 radical (unpaired) electrons. The minimum Gasteiger partial charge on any atom is -0.452 e. The molecule has 0 aliphatic carbocycles. The normalized spacial score (nSPS) is 10.4. The summed E-state index contributed by atoms with van der Waals surface area (Å²) in [6.45, 7) is 3.71. The van der Waals surface area contributed by atoms with Gasteiger partial charge >= 0.3 is 6.09 Å². The van der Waals surface area contributed by atoms with Crippen LogP contribution in [0.3, 0.4) is 0 Å². The Kier molecular flexibility index (Phi) is 4.29. The van der Waals surface area contributed by atoms with Crippen LogP contribution >= 0.6 is 15.9 Å². The zero-order chi connectivity index (χ0) is 12.3. The molecule has 0 aliphatic heterocycles. The van der Waals surface area contributed by atoms with E-state index in [4.69, 9.17) is 0 Å². The molecule has 88 valence electrons. The Bertz CT molecular complexity index is 396. The number of carbonyl (C=O) groups is 1. The van der Waals surface area contributed by atoms with E-state index in [1.807, 2.05) is 13.8 Å². The minimum absolute atomic E-state index is 0.0748. The third kappa shape index (κ3) is 2.72. The highest BCUT2D eigenvalue weighted by atomic mass is 79.9. The largest absolute Gasteiger partial charge is 0.452 e. The number of methoxy groups -OCH3 is 1. The highest BCUT2D eigenvalue weighted by Crippen LogP contribution is 2.28.